The van der Waals surface area contributed by atoms with Crippen molar-refractivity contribution in [3.05, 3.63) is 44.5 Å². The Labute approximate surface area is 94.8 Å². The lowest BCUT2D eigenvalue weighted by atomic mass is 10.1. The van der Waals surface area contributed by atoms with Crippen LogP contribution in [0.15, 0.2) is 23.4 Å². The molecule has 0 unspecified atom stereocenters. The highest BCUT2D eigenvalue weighted by molar-refractivity contribution is 5.69. The van der Waals surface area contributed by atoms with E-state index in [1.54, 1.807) is 0 Å². The van der Waals surface area contributed by atoms with Gasteiger partial charge in [0.2, 0.25) is 13.0 Å². The molecule has 0 N–H and O–H groups in total. The van der Waals surface area contributed by atoms with Crippen molar-refractivity contribution in [3.63, 3.8) is 0 Å². The third-order valence-electron chi connectivity index (χ3n) is 2.05. The number of hydrogen-bond donors (Lipinski definition) is 0. The Morgan fingerprint density at radius 1 is 1.47 bits per heavy atom. The second kappa shape index (κ2) is 4.42. The van der Waals surface area contributed by atoms with Crippen LogP contribution >= 0.6 is 0 Å². The van der Waals surface area contributed by atoms with E-state index >= 15 is 0 Å². The van der Waals surface area contributed by atoms with Gasteiger partial charge in [0.05, 0.1) is 4.92 Å². The van der Waals surface area contributed by atoms with E-state index in [-0.39, 0.29) is 12.5 Å². The zero-order valence-electron chi connectivity index (χ0n) is 8.44. The van der Waals surface area contributed by atoms with Gasteiger partial charge >= 0.3 is 0 Å². The summed E-state index contributed by atoms with van der Waals surface area (Å²) >= 11 is 0. The molecule has 1 aromatic rings. The molecule has 0 bridgehead atoms. The summed E-state index contributed by atoms with van der Waals surface area (Å²) < 4.78 is 10.2. The van der Waals surface area contributed by atoms with Gasteiger partial charge in [-0.3, -0.25) is 10.1 Å². The summed E-state index contributed by atoms with van der Waals surface area (Å²) in [5.74, 6) is 0.913. The van der Waals surface area contributed by atoms with Gasteiger partial charge in [-0.2, -0.15) is 0 Å². The Morgan fingerprint density at radius 3 is 2.82 bits per heavy atom. The first-order valence-electron chi connectivity index (χ1n) is 4.51. The Bertz CT molecular complexity index is 548. The van der Waals surface area contributed by atoms with Crippen LogP contribution < -0.4 is 9.47 Å². The lowest BCUT2D eigenvalue weighted by Gasteiger charge is -2.01. The van der Waals surface area contributed by atoms with Crippen molar-refractivity contribution in [2.24, 2.45) is 5.11 Å². The molecule has 1 aromatic carbocycles. The maximum atomic E-state index is 10.2. The first kappa shape index (κ1) is 10.8. The minimum Gasteiger partial charge on any atom is -0.454 e. The monoisotopic (exact) mass is 234 g/mol. The summed E-state index contributed by atoms with van der Waals surface area (Å²) in [7, 11) is 0. The number of hydrogen-bond acceptors (Lipinski definition) is 5. The molecule has 17 heavy (non-hydrogen) atoms. The predicted molar refractivity (Wildman–Crippen MR) is 57.4 cm³/mol. The molecular formula is C9H6N4O4. The Kier molecular flexibility index (Phi) is 2.80. The summed E-state index contributed by atoms with van der Waals surface area (Å²) in [6.45, 7) is 0.0768. The van der Waals surface area contributed by atoms with E-state index in [2.05, 4.69) is 10.0 Å². The topological polar surface area (TPSA) is 110 Å². The van der Waals surface area contributed by atoms with Crippen molar-refractivity contribution in [3.8, 4) is 11.5 Å². The molecule has 1 heterocycles. The SMILES string of the molecule is [N-]=[N+]=Nc1cc2c(cc1/C=C/[N+](=O)[O-])OCO2. The first-order valence-corrected chi connectivity index (χ1v) is 4.51. The van der Waals surface area contributed by atoms with Crippen LogP contribution in [0.1, 0.15) is 5.56 Å². The molecule has 8 heteroatoms. The van der Waals surface area contributed by atoms with Crippen molar-refractivity contribution >= 4 is 11.8 Å². The third-order valence-corrected chi connectivity index (χ3v) is 2.05. The molecular weight excluding hydrogens is 228 g/mol. The number of fused-ring (bicyclic) bond motifs is 1. The molecule has 0 atom stereocenters. The van der Waals surface area contributed by atoms with Crippen molar-refractivity contribution in [2.45, 2.75) is 0 Å². The van der Waals surface area contributed by atoms with Gasteiger partial charge in [-0.15, -0.1) is 0 Å². The summed E-state index contributed by atoms with van der Waals surface area (Å²) in [5.41, 5.74) is 9.04. The molecule has 0 amide bonds. The predicted octanol–water partition coefficient (Wildman–Crippen LogP) is 2.60. The van der Waals surface area contributed by atoms with Crippen LogP contribution in [0, 0.1) is 10.1 Å². The molecule has 8 nitrogen and oxygen atoms in total. The molecule has 0 spiro atoms. The molecule has 0 aromatic heterocycles. The molecule has 0 radical (unpaired) electrons. The molecule has 0 fully saturated rings. The van der Waals surface area contributed by atoms with E-state index in [0.29, 0.717) is 17.1 Å². The highest BCUT2D eigenvalue weighted by Gasteiger charge is 2.16. The highest BCUT2D eigenvalue weighted by Crippen LogP contribution is 2.38. The molecule has 1 aliphatic rings. The number of benzene rings is 1. The van der Waals surface area contributed by atoms with Crippen molar-refractivity contribution < 1.29 is 14.4 Å². The fourth-order valence-corrected chi connectivity index (χ4v) is 1.36. The van der Waals surface area contributed by atoms with E-state index in [1.165, 1.54) is 18.2 Å². The van der Waals surface area contributed by atoms with Gasteiger partial charge in [0, 0.05) is 16.7 Å². The van der Waals surface area contributed by atoms with Crippen LogP contribution in [-0.4, -0.2) is 11.7 Å². The Balaban J connectivity index is 2.48. The number of ether oxygens (including phenoxy) is 2. The van der Waals surface area contributed by atoms with Crippen LogP contribution in [0.2, 0.25) is 0 Å². The van der Waals surface area contributed by atoms with E-state index in [0.717, 1.165) is 6.20 Å². The summed E-state index contributed by atoms with van der Waals surface area (Å²) in [5, 5.41) is 13.7. The number of rotatable bonds is 3. The first-order chi connectivity index (χ1) is 8.20. The van der Waals surface area contributed by atoms with Gasteiger partial charge < -0.3 is 9.47 Å². The van der Waals surface area contributed by atoms with Crippen molar-refractivity contribution in [1.29, 1.82) is 0 Å². The lowest BCUT2D eigenvalue weighted by Crippen LogP contribution is -1.92. The van der Waals surface area contributed by atoms with Crippen LogP contribution in [-0.2, 0) is 0 Å². The smallest absolute Gasteiger partial charge is 0.235 e. The van der Waals surface area contributed by atoms with Crippen LogP contribution in [0.5, 0.6) is 11.5 Å². The van der Waals surface area contributed by atoms with E-state index in [9.17, 15) is 10.1 Å². The minimum absolute atomic E-state index is 0.0768. The average Bonchev–Trinajstić information content (AvgIpc) is 2.73. The highest BCUT2D eigenvalue weighted by atomic mass is 16.7. The average molecular weight is 234 g/mol. The minimum atomic E-state index is -0.607. The lowest BCUT2D eigenvalue weighted by molar-refractivity contribution is -0.400. The van der Waals surface area contributed by atoms with Gasteiger partial charge in [0.1, 0.15) is 0 Å². The van der Waals surface area contributed by atoms with Crippen LogP contribution in [0.25, 0.3) is 16.5 Å². The number of nitrogens with zero attached hydrogens (tertiary/aromatic N) is 4. The van der Waals surface area contributed by atoms with Gasteiger partial charge in [-0.1, -0.05) is 5.11 Å². The number of azide groups is 1. The van der Waals surface area contributed by atoms with E-state index in [1.807, 2.05) is 0 Å². The molecule has 0 saturated heterocycles. The summed E-state index contributed by atoms with van der Waals surface area (Å²) in [4.78, 5) is 12.3. The van der Waals surface area contributed by atoms with Crippen molar-refractivity contribution in [2.75, 3.05) is 6.79 Å². The van der Waals surface area contributed by atoms with Gasteiger partial charge in [0.25, 0.3) is 0 Å². The summed E-state index contributed by atoms with van der Waals surface area (Å²) in [6.07, 6.45) is 1.99. The third kappa shape index (κ3) is 2.27. The second-order valence-electron chi connectivity index (χ2n) is 3.05. The van der Waals surface area contributed by atoms with Crippen LogP contribution in [0.4, 0.5) is 5.69 Å². The zero-order valence-corrected chi connectivity index (χ0v) is 8.44. The molecule has 2 rings (SSSR count). The maximum absolute atomic E-state index is 10.2. The largest absolute Gasteiger partial charge is 0.454 e. The zero-order chi connectivity index (χ0) is 12.3. The molecule has 0 aliphatic carbocycles. The fourth-order valence-electron chi connectivity index (χ4n) is 1.36. The van der Waals surface area contributed by atoms with E-state index in [4.69, 9.17) is 15.0 Å². The standard InChI is InChI=1S/C9H6N4O4/c10-12-11-7-4-9-8(16-5-17-9)3-6(7)1-2-13(14)15/h1-4H,5H2/b2-1+. The van der Waals surface area contributed by atoms with Crippen LogP contribution in [0.3, 0.4) is 0 Å². The normalized spacial score (nSPS) is 12.5. The van der Waals surface area contributed by atoms with Gasteiger partial charge in [-0.25, -0.2) is 0 Å². The second-order valence-corrected chi connectivity index (χ2v) is 3.05. The number of nitro groups is 1. The quantitative estimate of drug-likeness (QED) is 0.263. The Hall–Kier alpha value is -2.73. The van der Waals surface area contributed by atoms with E-state index < -0.39 is 4.92 Å². The maximum Gasteiger partial charge on any atom is 0.235 e. The Morgan fingerprint density at radius 2 is 2.18 bits per heavy atom. The molecule has 0 saturated carbocycles. The van der Waals surface area contributed by atoms with Crippen molar-refractivity contribution in [1.82, 2.24) is 0 Å². The summed E-state index contributed by atoms with van der Waals surface area (Å²) in [6, 6.07) is 2.99. The fraction of sp³-hybridized carbons (Fsp3) is 0.111. The molecule has 86 valence electrons. The molecule has 1 aliphatic heterocycles. The van der Waals surface area contributed by atoms with Gasteiger partial charge in [0.15, 0.2) is 11.5 Å². The van der Waals surface area contributed by atoms with Gasteiger partial charge in [-0.05, 0) is 23.2 Å².